The van der Waals surface area contributed by atoms with E-state index < -0.39 is 23.7 Å². The van der Waals surface area contributed by atoms with Crippen LogP contribution in [0.3, 0.4) is 0 Å². The van der Waals surface area contributed by atoms with Gasteiger partial charge in [0.15, 0.2) is 11.8 Å². The molecule has 1 unspecified atom stereocenters. The number of nitrogens with one attached hydrogen (secondary N) is 2. The van der Waals surface area contributed by atoms with Crippen LogP contribution in [0.25, 0.3) is 16.5 Å². The van der Waals surface area contributed by atoms with Crippen molar-refractivity contribution in [2.24, 2.45) is 0 Å². The molecule has 1 heterocycles. The van der Waals surface area contributed by atoms with E-state index in [2.05, 4.69) is 16.0 Å². The molecule has 4 rings (SSSR count). The van der Waals surface area contributed by atoms with Crippen LogP contribution in [0.15, 0.2) is 83.7 Å². The highest BCUT2D eigenvalue weighted by molar-refractivity contribution is 6.05. The highest BCUT2D eigenvalue weighted by atomic mass is 19.1. The van der Waals surface area contributed by atoms with Crippen LogP contribution in [0, 0.1) is 5.82 Å². The van der Waals surface area contributed by atoms with Crippen LogP contribution in [0.5, 0.6) is 5.75 Å². The number of hydrazine groups is 1. The molecule has 8 nitrogen and oxygen atoms in total. The molecule has 0 aliphatic carbocycles. The van der Waals surface area contributed by atoms with Gasteiger partial charge in [-0.3, -0.25) is 25.2 Å². The zero-order chi connectivity index (χ0) is 23.4. The molecule has 0 saturated heterocycles. The molecule has 0 bridgehead atoms. The van der Waals surface area contributed by atoms with E-state index >= 15 is 0 Å². The van der Waals surface area contributed by atoms with Gasteiger partial charge in [-0.2, -0.15) is 9.78 Å². The number of amides is 2. The Hall–Kier alpha value is -4.53. The monoisotopic (exact) mass is 446 g/mol. The fourth-order valence-electron chi connectivity index (χ4n) is 3.15. The van der Waals surface area contributed by atoms with E-state index in [4.69, 9.17) is 4.74 Å². The lowest BCUT2D eigenvalue weighted by Crippen LogP contribution is -2.47. The molecule has 1 aromatic heterocycles. The number of hydrogen-bond donors (Lipinski definition) is 2. The molecule has 0 fully saturated rings. The van der Waals surface area contributed by atoms with Gasteiger partial charge in [0, 0.05) is 5.39 Å². The molecule has 9 heteroatoms. The minimum absolute atomic E-state index is 0.0403. The predicted molar refractivity (Wildman–Crippen MR) is 119 cm³/mol. The summed E-state index contributed by atoms with van der Waals surface area (Å²) in [5, 5.41) is 4.89. The summed E-state index contributed by atoms with van der Waals surface area (Å²) < 4.78 is 19.6. The number of fused-ring (bicyclic) bond motifs is 1. The summed E-state index contributed by atoms with van der Waals surface area (Å²) in [6, 6.07) is 20.5. The number of nitrogens with zero attached hydrogens (tertiary/aromatic N) is 2. The third-order valence-corrected chi connectivity index (χ3v) is 4.82. The number of carbonyl (C=O) groups excluding carboxylic acids is 2. The van der Waals surface area contributed by atoms with Gasteiger partial charge in [0.2, 0.25) is 0 Å². The summed E-state index contributed by atoms with van der Waals surface area (Å²) in [6.07, 6.45) is -0.973. The number of hydrogen-bond acceptors (Lipinski definition) is 5. The van der Waals surface area contributed by atoms with Crippen molar-refractivity contribution in [2.75, 3.05) is 0 Å². The Kier molecular flexibility index (Phi) is 6.12. The Morgan fingerprint density at radius 3 is 2.24 bits per heavy atom. The van der Waals surface area contributed by atoms with Crippen molar-refractivity contribution >= 4 is 22.6 Å². The van der Waals surface area contributed by atoms with Crippen LogP contribution in [-0.2, 0) is 4.79 Å². The lowest BCUT2D eigenvalue weighted by molar-refractivity contribution is -0.128. The lowest BCUT2D eigenvalue weighted by Gasteiger charge is -2.15. The molecule has 2 N–H and O–H groups in total. The standard InChI is InChI=1S/C24H19FN4O4/c1-15(33-18-13-11-16(25)12-14-18)22(30)26-27-23(31)21-19-9-5-6-10-20(19)24(32)29(28-21)17-7-3-2-4-8-17/h2-15H,1H3,(H,26,30)(H,27,31). The second kappa shape index (κ2) is 9.31. The van der Waals surface area contributed by atoms with E-state index in [0.29, 0.717) is 22.2 Å². The van der Waals surface area contributed by atoms with Crippen molar-refractivity contribution in [3.8, 4) is 11.4 Å². The molecule has 3 aromatic carbocycles. The zero-order valence-corrected chi connectivity index (χ0v) is 17.5. The third kappa shape index (κ3) is 4.72. The van der Waals surface area contributed by atoms with Gasteiger partial charge >= 0.3 is 0 Å². The van der Waals surface area contributed by atoms with Gasteiger partial charge in [-0.1, -0.05) is 36.4 Å². The summed E-state index contributed by atoms with van der Waals surface area (Å²) in [4.78, 5) is 38.2. The Morgan fingerprint density at radius 2 is 1.55 bits per heavy atom. The fourth-order valence-corrected chi connectivity index (χ4v) is 3.15. The van der Waals surface area contributed by atoms with Gasteiger partial charge in [-0.25, -0.2) is 4.39 Å². The second-order valence-electron chi connectivity index (χ2n) is 7.10. The first-order valence-corrected chi connectivity index (χ1v) is 10.0. The van der Waals surface area contributed by atoms with E-state index in [-0.39, 0.29) is 11.3 Å². The number of rotatable bonds is 5. The summed E-state index contributed by atoms with van der Waals surface area (Å²) in [5.74, 6) is -1.47. The minimum Gasteiger partial charge on any atom is -0.481 e. The maximum Gasteiger partial charge on any atom is 0.290 e. The molecule has 2 amide bonds. The SMILES string of the molecule is CC(Oc1ccc(F)cc1)C(=O)NNC(=O)c1nn(-c2ccccc2)c(=O)c2ccccc12. The maximum absolute atomic E-state index is 13.0. The Balaban J connectivity index is 1.55. The van der Waals surface area contributed by atoms with Crippen molar-refractivity contribution in [3.05, 3.63) is 101 Å². The average Bonchev–Trinajstić information content (AvgIpc) is 2.84. The average molecular weight is 446 g/mol. The molecule has 0 aliphatic heterocycles. The van der Waals surface area contributed by atoms with Crippen molar-refractivity contribution in [1.29, 1.82) is 0 Å². The highest BCUT2D eigenvalue weighted by Crippen LogP contribution is 2.15. The van der Waals surface area contributed by atoms with Gasteiger partial charge in [-0.05, 0) is 49.4 Å². The lowest BCUT2D eigenvalue weighted by atomic mass is 10.1. The molecule has 0 saturated carbocycles. The fraction of sp³-hybridized carbons (Fsp3) is 0.0833. The number of para-hydroxylation sites is 1. The largest absolute Gasteiger partial charge is 0.481 e. The Bertz CT molecular complexity index is 1370. The van der Waals surface area contributed by atoms with Crippen LogP contribution in [0.2, 0.25) is 0 Å². The summed E-state index contributed by atoms with van der Waals surface area (Å²) in [5.41, 5.74) is 4.67. The van der Waals surface area contributed by atoms with Crippen LogP contribution in [0.1, 0.15) is 17.4 Å². The summed E-state index contributed by atoms with van der Waals surface area (Å²) in [6.45, 7) is 1.48. The maximum atomic E-state index is 13.0. The molecule has 1 atom stereocenters. The predicted octanol–water partition coefficient (Wildman–Crippen LogP) is 2.75. The summed E-state index contributed by atoms with van der Waals surface area (Å²) in [7, 11) is 0. The van der Waals surface area contributed by atoms with Crippen molar-refractivity contribution in [1.82, 2.24) is 20.6 Å². The smallest absolute Gasteiger partial charge is 0.290 e. The molecule has 166 valence electrons. The molecule has 0 radical (unpaired) electrons. The van der Waals surface area contributed by atoms with Crippen molar-refractivity contribution in [2.45, 2.75) is 13.0 Å². The van der Waals surface area contributed by atoms with Crippen LogP contribution in [-0.4, -0.2) is 27.7 Å². The molecule has 4 aromatic rings. The normalized spacial score (nSPS) is 11.6. The number of carbonyl (C=O) groups is 2. The minimum atomic E-state index is -0.973. The second-order valence-corrected chi connectivity index (χ2v) is 7.10. The topological polar surface area (TPSA) is 102 Å². The van der Waals surface area contributed by atoms with Crippen molar-refractivity contribution in [3.63, 3.8) is 0 Å². The van der Waals surface area contributed by atoms with Gasteiger partial charge in [0.1, 0.15) is 11.6 Å². The Labute approximate surface area is 187 Å². The van der Waals surface area contributed by atoms with E-state index in [0.717, 1.165) is 4.68 Å². The molecular formula is C24H19FN4O4. The first-order chi connectivity index (χ1) is 15.9. The first-order valence-electron chi connectivity index (χ1n) is 10.0. The van der Waals surface area contributed by atoms with Crippen LogP contribution < -0.4 is 21.1 Å². The highest BCUT2D eigenvalue weighted by Gasteiger charge is 2.20. The van der Waals surface area contributed by atoms with E-state index in [1.807, 2.05) is 0 Å². The number of benzene rings is 3. The van der Waals surface area contributed by atoms with Gasteiger partial charge in [0.05, 0.1) is 11.1 Å². The first kappa shape index (κ1) is 21.7. The van der Waals surface area contributed by atoms with E-state index in [1.165, 1.54) is 31.2 Å². The Morgan fingerprint density at radius 1 is 0.909 bits per heavy atom. The molecular weight excluding hydrogens is 427 g/mol. The van der Waals surface area contributed by atoms with Crippen LogP contribution >= 0.6 is 0 Å². The quantitative estimate of drug-likeness (QED) is 0.459. The summed E-state index contributed by atoms with van der Waals surface area (Å²) >= 11 is 0. The zero-order valence-electron chi connectivity index (χ0n) is 17.5. The van der Waals surface area contributed by atoms with Gasteiger partial charge in [0.25, 0.3) is 17.4 Å². The molecule has 0 aliphatic rings. The van der Waals surface area contributed by atoms with Gasteiger partial charge in [-0.15, -0.1) is 0 Å². The van der Waals surface area contributed by atoms with Crippen LogP contribution in [0.4, 0.5) is 4.39 Å². The van der Waals surface area contributed by atoms with Crippen molar-refractivity contribution < 1.29 is 18.7 Å². The third-order valence-electron chi connectivity index (χ3n) is 4.82. The number of aromatic nitrogens is 2. The van der Waals surface area contributed by atoms with E-state index in [1.54, 1.807) is 54.6 Å². The number of ether oxygens (including phenoxy) is 1. The van der Waals surface area contributed by atoms with E-state index in [9.17, 15) is 18.8 Å². The van der Waals surface area contributed by atoms with Gasteiger partial charge < -0.3 is 4.74 Å². The molecule has 33 heavy (non-hydrogen) atoms. The molecule has 0 spiro atoms. The number of halogens is 1.